The normalized spacial score (nSPS) is 15.9. The summed E-state index contributed by atoms with van der Waals surface area (Å²) in [6, 6.07) is 9.62. The van der Waals surface area contributed by atoms with Crippen LogP contribution in [0, 0.1) is 5.82 Å². The number of amides is 2. The van der Waals surface area contributed by atoms with Crippen LogP contribution in [0.5, 0.6) is 0 Å². The van der Waals surface area contributed by atoms with Crippen molar-refractivity contribution >= 4 is 39.9 Å². The van der Waals surface area contributed by atoms with Crippen molar-refractivity contribution in [3.05, 3.63) is 76.1 Å². The van der Waals surface area contributed by atoms with Gasteiger partial charge in [0, 0.05) is 30.8 Å². The van der Waals surface area contributed by atoms with Gasteiger partial charge in [-0.25, -0.2) is 4.39 Å². The fourth-order valence-electron chi connectivity index (χ4n) is 3.61. The summed E-state index contributed by atoms with van der Waals surface area (Å²) in [6.07, 6.45) is -1.41. The Morgan fingerprint density at radius 3 is 2.61 bits per heavy atom. The monoisotopic (exact) mass is 478 g/mol. The molecule has 1 saturated heterocycles. The maximum Gasteiger partial charge on any atom is 0.416 e. The number of methoxy groups -OCH3 is 1. The number of nitrogens with zero attached hydrogens (tertiary/aromatic N) is 2. The fraction of sp³-hybridized carbons (Fsp3) is 0.217. The minimum atomic E-state index is -4.67. The largest absolute Gasteiger partial charge is 0.416 e. The molecule has 0 bridgehead atoms. The fourth-order valence-corrected chi connectivity index (χ4v) is 4.47. The molecule has 172 valence electrons. The molecule has 10 heteroatoms. The number of carbonyl (C=O) groups is 2. The van der Waals surface area contributed by atoms with Gasteiger partial charge in [0.1, 0.15) is 5.82 Å². The van der Waals surface area contributed by atoms with Crippen molar-refractivity contribution in [1.29, 1.82) is 0 Å². The molecule has 0 unspecified atom stereocenters. The zero-order valence-corrected chi connectivity index (χ0v) is 18.2. The molecule has 4 rings (SSSR count). The average molecular weight is 478 g/mol. The minimum absolute atomic E-state index is 0.0461. The molecule has 1 aliphatic rings. The second-order valence-corrected chi connectivity index (χ2v) is 8.38. The smallest absolute Gasteiger partial charge is 0.383 e. The average Bonchev–Trinajstić information content (AvgIpc) is 3.27. The second-order valence-electron chi connectivity index (χ2n) is 7.39. The second kappa shape index (κ2) is 9.03. The van der Waals surface area contributed by atoms with Crippen LogP contribution >= 0.6 is 11.8 Å². The molecule has 1 fully saturated rings. The van der Waals surface area contributed by atoms with Crippen LogP contribution in [0.3, 0.4) is 0 Å². The van der Waals surface area contributed by atoms with Crippen LogP contribution in [-0.4, -0.2) is 40.9 Å². The zero-order valence-electron chi connectivity index (χ0n) is 17.4. The Morgan fingerprint density at radius 1 is 1.09 bits per heavy atom. The highest BCUT2D eigenvalue weighted by Crippen LogP contribution is 2.34. The number of imide groups is 1. The Hall–Kier alpha value is -3.11. The number of halogens is 4. The van der Waals surface area contributed by atoms with Crippen molar-refractivity contribution in [3.63, 3.8) is 0 Å². The molecule has 2 amide bonds. The summed E-state index contributed by atoms with van der Waals surface area (Å²) >= 11 is 0.845. The first-order valence-electron chi connectivity index (χ1n) is 9.86. The van der Waals surface area contributed by atoms with E-state index in [0.717, 1.165) is 34.2 Å². The number of thioether (sulfide) groups is 1. The Balaban J connectivity index is 1.60. The summed E-state index contributed by atoms with van der Waals surface area (Å²) in [5.74, 6) is -1.34. The number of hydrogen-bond donors (Lipinski definition) is 0. The predicted molar refractivity (Wildman–Crippen MR) is 117 cm³/mol. The van der Waals surface area contributed by atoms with Crippen molar-refractivity contribution in [2.24, 2.45) is 0 Å². The maximum absolute atomic E-state index is 13.4. The SMILES string of the molecule is COCCN1C(=O)SC(=Cc2ccc3c(ccn3Cc3ccc(F)cc3C(F)(F)F)c2)C1=O. The molecular formula is C23H18F4N2O3S. The molecule has 2 aromatic carbocycles. The summed E-state index contributed by atoms with van der Waals surface area (Å²) in [4.78, 5) is 25.9. The van der Waals surface area contributed by atoms with Crippen LogP contribution in [-0.2, 0) is 22.3 Å². The van der Waals surface area contributed by atoms with E-state index in [1.54, 1.807) is 41.1 Å². The first-order chi connectivity index (χ1) is 15.7. The maximum atomic E-state index is 13.4. The van der Waals surface area contributed by atoms with Gasteiger partial charge in [-0.3, -0.25) is 14.5 Å². The highest BCUT2D eigenvalue weighted by atomic mass is 32.2. The lowest BCUT2D eigenvalue weighted by Crippen LogP contribution is -2.31. The molecule has 0 spiro atoms. The van der Waals surface area contributed by atoms with E-state index in [4.69, 9.17) is 4.74 Å². The molecule has 0 aliphatic carbocycles. The number of hydrogen-bond acceptors (Lipinski definition) is 4. The van der Waals surface area contributed by atoms with E-state index >= 15 is 0 Å². The van der Waals surface area contributed by atoms with Crippen molar-refractivity contribution < 1.29 is 31.9 Å². The summed E-state index contributed by atoms with van der Waals surface area (Å²) in [6.45, 7) is 0.328. The molecule has 1 aliphatic heterocycles. The first-order valence-corrected chi connectivity index (χ1v) is 10.7. The molecule has 5 nitrogen and oxygen atoms in total. The molecule has 0 radical (unpaired) electrons. The highest BCUT2D eigenvalue weighted by molar-refractivity contribution is 8.18. The van der Waals surface area contributed by atoms with E-state index in [9.17, 15) is 27.2 Å². The van der Waals surface area contributed by atoms with Gasteiger partial charge in [-0.15, -0.1) is 0 Å². The summed E-state index contributed by atoms with van der Waals surface area (Å²) in [7, 11) is 1.48. The molecular weight excluding hydrogens is 460 g/mol. The summed E-state index contributed by atoms with van der Waals surface area (Å²) in [5.41, 5.74) is 0.299. The van der Waals surface area contributed by atoms with Crippen LogP contribution in [0.15, 0.2) is 53.6 Å². The van der Waals surface area contributed by atoms with E-state index in [1.165, 1.54) is 7.11 Å². The highest BCUT2D eigenvalue weighted by Gasteiger charge is 2.35. The number of ether oxygens (including phenoxy) is 1. The lowest BCUT2D eigenvalue weighted by molar-refractivity contribution is -0.138. The van der Waals surface area contributed by atoms with E-state index in [2.05, 4.69) is 0 Å². The van der Waals surface area contributed by atoms with E-state index in [1.807, 2.05) is 0 Å². The Kier molecular flexibility index (Phi) is 6.31. The van der Waals surface area contributed by atoms with Crippen LogP contribution in [0.4, 0.5) is 22.4 Å². The van der Waals surface area contributed by atoms with Gasteiger partial charge in [-0.2, -0.15) is 13.2 Å². The lowest BCUT2D eigenvalue weighted by Gasteiger charge is -2.14. The van der Waals surface area contributed by atoms with Crippen LogP contribution < -0.4 is 0 Å². The van der Waals surface area contributed by atoms with E-state index in [0.29, 0.717) is 17.1 Å². The van der Waals surface area contributed by atoms with E-state index < -0.39 is 23.5 Å². The molecule has 3 aromatic rings. The van der Waals surface area contributed by atoms with Crippen LogP contribution in [0.1, 0.15) is 16.7 Å². The number of alkyl halides is 3. The van der Waals surface area contributed by atoms with Gasteiger partial charge in [0.05, 0.1) is 23.6 Å². The number of rotatable bonds is 6. The van der Waals surface area contributed by atoms with Crippen molar-refractivity contribution in [3.8, 4) is 0 Å². The number of aromatic nitrogens is 1. The molecule has 0 N–H and O–H groups in total. The Bertz CT molecular complexity index is 1270. The summed E-state index contributed by atoms with van der Waals surface area (Å²) < 4.78 is 59.9. The zero-order chi connectivity index (χ0) is 23.8. The van der Waals surface area contributed by atoms with Gasteiger partial charge in [-0.1, -0.05) is 12.1 Å². The van der Waals surface area contributed by atoms with Crippen LogP contribution in [0.25, 0.3) is 17.0 Å². The molecule has 1 aromatic heterocycles. The third-order valence-corrected chi connectivity index (χ3v) is 6.11. The number of benzene rings is 2. The molecule has 0 atom stereocenters. The molecule has 0 saturated carbocycles. The topological polar surface area (TPSA) is 51.5 Å². The van der Waals surface area contributed by atoms with Crippen LogP contribution in [0.2, 0.25) is 0 Å². The standard InChI is InChI=1S/C23H18F4N2O3S/c1-32-9-8-29-21(30)20(33-22(29)31)11-14-2-5-19-15(10-14)6-7-28(19)13-16-3-4-17(24)12-18(16)23(25,26)27/h2-7,10-12H,8-9,13H2,1H3. The van der Waals surface area contributed by atoms with Gasteiger partial charge >= 0.3 is 6.18 Å². The van der Waals surface area contributed by atoms with Gasteiger partial charge in [0.25, 0.3) is 11.1 Å². The van der Waals surface area contributed by atoms with E-state index in [-0.39, 0.29) is 35.4 Å². The third kappa shape index (κ3) is 4.81. The molecule has 33 heavy (non-hydrogen) atoms. The van der Waals surface area contributed by atoms with Gasteiger partial charge in [0.15, 0.2) is 0 Å². The quantitative estimate of drug-likeness (QED) is 0.345. The third-order valence-electron chi connectivity index (χ3n) is 5.20. The number of fused-ring (bicyclic) bond motifs is 1. The van der Waals surface area contributed by atoms with Crippen molar-refractivity contribution in [2.45, 2.75) is 12.7 Å². The first kappa shape index (κ1) is 23.1. The van der Waals surface area contributed by atoms with Crippen molar-refractivity contribution in [2.75, 3.05) is 20.3 Å². The summed E-state index contributed by atoms with van der Waals surface area (Å²) in [5, 5.41) is 0.383. The minimum Gasteiger partial charge on any atom is -0.383 e. The van der Waals surface area contributed by atoms with Gasteiger partial charge < -0.3 is 9.30 Å². The van der Waals surface area contributed by atoms with Gasteiger partial charge in [-0.05, 0) is 59.3 Å². The predicted octanol–water partition coefficient (Wildman–Crippen LogP) is 5.53. The Labute approximate surface area is 190 Å². The van der Waals surface area contributed by atoms with Crippen molar-refractivity contribution in [1.82, 2.24) is 9.47 Å². The molecule has 2 heterocycles. The lowest BCUT2D eigenvalue weighted by atomic mass is 10.1. The Morgan fingerprint density at radius 2 is 1.88 bits per heavy atom. The van der Waals surface area contributed by atoms with Gasteiger partial charge in [0.2, 0.25) is 0 Å². The number of carbonyl (C=O) groups excluding carboxylic acids is 2.